The van der Waals surface area contributed by atoms with Gasteiger partial charge in [0.05, 0.1) is 12.2 Å². The van der Waals surface area contributed by atoms with E-state index >= 15 is 8.78 Å². The maximum Gasteiger partial charge on any atom is 0.193 e. The number of carbonyl (C=O) groups excluding carboxylic acids is 2. The molecule has 11 atom stereocenters. The van der Waals surface area contributed by atoms with Crippen LogP contribution in [0.5, 0.6) is 0 Å². The summed E-state index contributed by atoms with van der Waals surface area (Å²) >= 11 is 0. The number of ketones is 2. The minimum atomic E-state index is -2.28. The molecule has 1 aromatic rings. The van der Waals surface area contributed by atoms with Crippen molar-refractivity contribution in [1.29, 1.82) is 0 Å². The van der Waals surface area contributed by atoms with Gasteiger partial charge in [0.25, 0.3) is 0 Å². The number of nitrogens with one attached hydrogen (secondary N) is 1. The predicted molar refractivity (Wildman–Crippen MR) is 168 cm³/mol. The van der Waals surface area contributed by atoms with Crippen molar-refractivity contribution in [3.63, 3.8) is 0 Å². The molecule has 0 spiro atoms. The molecule has 1 saturated heterocycles. The number of aliphatic hydroxyl groups excluding tert-OH is 2. The van der Waals surface area contributed by atoms with Crippen molar-refractivity contribution in [3.05, 3.63) is 77.4 Å². The lowest BCUT2D eigenvalue weighted by Gasteiger charge is -2.63. The Bertz CT molecular complexity index is 1600. The Hall–Kier alpha value is -2.98. The molecule has 1 aliphatic heterocycles. The number of anilines is 1. The molecule has 9 heteroatoms. The SMILES string of the molecule is CNc1cccc(CC2=CCC(C)([C@H]3O[C@@H]4C[C@H]5[C@@H]6C[C@H](F)C7=CC(=O)C=C[C@]7(C)[C@@]6(F)[C@@H](O)C[C@]5(C)[C@]4(C(=O)CO)O3)C=C2)c1. The van der Waals surface area contributed by atoms with Crippen molar-refractivity contribution < 1.29 is 38.1 Å². The fraction of sp³-hybridized carbons (Fsp3) is 0.568. The average Bonchev–Trinajstić information content (AvgIpc) is 3.54. The van der Waals surface area contributed by atoms with Gasteiger partial charge >= 0.3 is 0 Å². The highest BCUT2D eigenvalue weighted by Crippen LogP contribution is 2.72. The number of halogens is 2. The van der Waals surface area contributed by atoms with Gasteiger partial charge in [0.1, 0.15) is 12.8 Å². The maximum absolute atomic E-state index is 17.6. The number of alkyl halides is 2. The third kappa shape index (κ3) is 4.07. The van der Waals surface area contributed by atoms with Gasteiger partial charge in [0, 0.05) is 34.9 Å². The lowest BCUT2D eigenvalue weighted by molar-refractivity contribution is -0.241. The van der Waals surface area contributed by atoms with Crippen LogP contribution in [0.1, 0.15) is 52.0 Å². The van der Waals surface area contributed by atoms with Gasteiger partial charge in [-0.05, 0) is 85.9 Å². The summed E-state index contributed by atoms with van der Waals surface area (Å²) in [7, 11) is 1.89. The van der Waals surface area contributed by atoms with Crippen LogP contribution in [-0.4, -0.2) is 71.4 Å². The second-order valence-electron chi connectivity index (χ2n) is 14.9. The molecule has 7 nitrogen and oxygen atoms in total. The maximum atomic E-state index is 17.6. The Labute approximate surface area is 268 Å². The first-order chi connectivity index (χ1) is 21.8. The van der Waals surface area contributed by atoms with Crippen molar-refractivity contribution in [1.82, 2.24) is 0 Å². The fourth-order valence-corrected chi connectivity index (χ4v) is 10.0. The molecule has 1 heterocycles. The molecule has 0 amide bonds. The second-order valence-corrected chi connectivity index (χ2v) is 14.9. The third-order valence-corrected chi connectivity index (χ3v) is 12.6. The summed E-state index contributed by atoms with van der Waals surface area (Å²) < 4.78 is 46.8. The van der Waals surface area contributed by atoms with Gasteiger partial charge in [-0.1, -0.05) is 50.3 Å². The highest BCUT2D eigenvalue weighted by atomic mass is 19.1. The van der Waals surface area contributed by atoms with E-state index in [2.05, 4.69) is 35.7 Å². The van der Waals surface area contributed by atoms with Gasteiger partial charge in [0.2, 0.25) is 0 Å². The van der Waals surface area contributed by atoms with Crippen molar-refractivity contribution in [3.8, 4) is 0 Å². The van der Waals surface area contributed by atoms with Crippen LogP contribution >= 0.6 is 0 Å². The minimum Gasteiger partial charge on any atom is -0.390 e. The zero-order chi connectivity index (χ0) is 32.9. The average molecular weight is 636 g/mol. The fourth-order valence-electron chi connectivity index (χ4n) is 10.0. The first-order valence-electron chi connectivity index (χ1n) is 16.3. The standard InChI is InChI=1S/C37H43F2NO6/c1-33(11-8-21(9-12-33)14-22-6-5-7-23(15-22)40-4)32-45-31-18-25-26-17-28(38)27-16-24(42)10-13-34(27,2)36(26,39)29(43)19-35(25,3)37(31,46-32)30(44)20-41/h5-11,13,15-16,25-26,28-29,31-32,40-41,43H,12,14,17-20H2,1-4H3/t25-,26-,28-,29-,31+,32-,33?,34-,35-,36-,37+/m0/s1. The summed E-state index contributed by atoms with van der Waals surface area (Å²) in [5, 5.41) is 25.2. The molecule has 3 saturated carbocycles. The number of hydrogen-bond donors (Lipinski definition) is 3. The number of ether oxygens (including phenoxy) is 2. The summed E-state index contributed by atoms with van der Waals surface area (Å²) in [6, 6.07) is 8.22. The summed E-state index contributed by atoms with van der Waals surface area (Å²) in [4.78, 5) is 26.0. The minimum absolute atomic E-state index is 0.0486. The number of allylic oxidation sites excluding steroid dienone is 7. The van der Waals surface area contributed by atoms with Crippen LogP contribution in [0, 0.1) is 28.1 Å². The van der Waals surface area contributed by atoms with Crippen LogP contribution in [-0.2, 0) is 25.5 Å². The Morgan fingerprint density at radius 1 is 1.13 bits per heavy atom. The second kappa shape index (κ2) is 10.5. The van der Waals surface area contributed by atoms with E-state index < -0.39 is 82.2 Å². The summed E-state index contributed by atoms with van der Waals surface area (Å²) in [6.45, 7) is 4.55. The highest BCUT2D eigenvalue weighted by molar-refractivity contribution is 6.01. The molecule has 0 aromatic heterocycles. The zero-order valence-electron chi connectivity index (χ0n) is 26.8. The van der Waals surface area contributed by atoms with Gasteiger partial charge in [0.15, 0.2) is 29.1 Å². The number of hydrogen-bond acceptors (Lipinski definition) is 7. The lowest BCUT2D eigenvalue weighted by atomic mass is 9.44. The molecular weight excluding hydrogens is 592 g/mol. The van der Waals surface area contributed by atoms with Crippen LogP contribution in [0.3, 0.4) is 0 Å². The van der Waals surface area contributed by atoms with Crippen molar-refractivity contribution >= 4 is 17.3 Å². The van der Waals surface area contributed by atoms with Crippen molar-refractivity contribution in [2.75, 3.05) is 19.0 Å². The van der Waals surface area contributed by atoms with Gasteiger partial charge in [-0.3, -0.25) is 9.59 Å². The Kier molecular flexibility index (Phi) is 7.22. The van der Waals surface area contributed by atoms with E-state index in [-0.39, 0.29) is 24.8 Å². The Balaban J connectivity index is 1.18. The first-order valence-corrected chi connectivity index (χ1v) is 16.3. The van der Waals surface area contributed by atoms with Crippen molar-refractivity contribution in [2.24, 2.45) is 28.1 Å². The van der Waals surface area contributed by atoms with E-state index in [4.69, 9.17) is 9.47 Å². The quantitative estimate of drug-likeness (QED) is 0.398. The van der Waals surface area contributed by atoms with Crippen LogP contribution < -0.4 is 5.32 Å². The number of fused-ring (bicyclic) bond motifs is 7. The number of benzene rings is 1. The smallest absolute Gasteiger partial charge is 0.193 e. The van der Waals surface area contributed by atoms with Gasteiger partial charge in [-0.15, -0.1) is 0 Å². The number of carbonyl (C=O) groups is 2. The molecule has 3 N–H and O–H groups in total. The molecule has 0 radical (unpaired) electrons. The Morgan fingerprint density at radius 2 is 1.91 bits per heavy atom. The summed E-state index contributed by atoms with van der Waals surface area (Å²) in [6.07, 6.45) is 6.43. The molecule has 246 valence electrons. The van der Waals surface area contributed by atoms with Crippen LogP contribution in [0.15, 0.2) is 71.9 Å². The molecule has 1 aromatic carbocycles. The van der Waals surface area contributed by atoms with E-state index in [0.717, 1.165) is 23.8 Å². The molecule has 46 heavy (non-hydrogen) atoms. The predicted octanol–water partition coefficient (Wildman–Crippen LogP) is 5.13. The topological polar surface area (TPSA) is 105 Å². The molecule has 4 fully saturated rings. The molecule has 0 bridgehead atoms. The lowest BCUT2D eigenvalue weighted by Crippen LogP contribution is -2.71. The first kappa shape index (κ1) is 31.6. The largest absolute Gasteiger partial charge is 0.390 e. The highest BCUT2D eigenvalue weighted by Gasteiger charge is 2.80. The van der Waals surface area contributed by atoms with Crippen molar-refractivity contribution in [2.45, 2.75) is 88.8 Å². The zero-order valence-corrected chi connectivity index (χ0v) is 26.8. The Morgan fingerprint density at radius 3 is 2.61 bits per heavy atom. The number of aliphatic hydroxyl groups is 2. The van der Waals surface area contributed by atoms with Crippen LogP contribution in [0.25, 0.3) is 0 Å². The van der Waals surface area contributed by atoms with E-state index in [1.165, 1.54) is 17.7 Å². The third-order valence-electron chi connectivity index (χ3n) is 12.6. The van der Waals surface area contributed by atoms with E-state index in [0.29, 0.717) is 6.42 Å². The molecule has 5 aliphatic carbocycles. The van der Waals surface area contributed by atoms with E-state index in [1.54, 1.807) is 13.8 Å². The van der Waals surface area contributed by atoms with Gasteiger partial charge in [-0.25, -0.2) is 8.78 Å². The summed E-state index contributed by atoms with van der Waals surface area (Å²) in [5.74, 6) is -2.54. The van der Waals surface area contributed by atoms with Crippen LogP contribution in [0.4, 0.5) is 14.5 Å². The van der Waals surface area contributed by atoms with Crippen LogP contribution in [0.2, 0.25) is 0 Å². The van der Waals surface area contributed by atoms with E-state index in [1.807, 2.05) is 26.1 Å². The normalized spacial score (nSPS) is 45.7. The molecular formula is C37H43F2NO6. The summed E-state index contributed by atoms with van der Waals surface area (Å²) in [5.41, 5.74) is -3.83. The monoisotopic (exact) mass is 635 g/mol. The molecule has 6 aliphatic rings. The number of Topliss-reactive ketones (excluding diaryl/α,β-unsaturated/α-hetero) is 1. The number of rotatable bonds is 6. The van der Waals surface area contributed by atoms with E-state index in [9.17, 15) is 19.8 Å². The molecule has 1 unspecified atom stereocenters. The molecule has 7 rings (SSSR count). The van der Waals surface area contributed by atoms with Gasteiger partial charge < -0.3 is 25.0 Å². The van der Waals surface area contributed by atoms with Gasteiger partial charge in [-0.2, -0.15) is 0 Å².